The van der Waals surface area contributed by atoms with Gasteiger partial charge in [0.15, 0.2) is 0 Å². The molecule has 1 N–H and O–H groups in total. The number of benzene rings is 2. The molecule has 1 atom stereocenters. The summed E-state index contributed by atoms with van der Waals surface area (Å²) in [6.45, 7) is 2.94. The molecule has 0 aromatic heterocycles. The molecule has 4 heteroatoms. The van der Waals surface area contributed by atoms with E-state index in [4.69, 9.17) is 27.9 Å². The second kappa shape index (κ2) is 6.98. The van der Waals surface area contributed by atoms with Crippen LogP contribution in [0.25, 0.3) is 0 Å². The fourth-order valence-corrected chi connectivity index (χ4v) is 2.43. The molecule has 0 spiro atoms. The maximum atomic E-state index is 6.11. The van der Waals surface area contributed by atoms with Crippen molar-refractivity contribution in [2.45, 2.75) is 13.0 Å². The van der Waals surface area contributed by atoms with Crippen LogP contribution < -0.4 is 10.1 Å². The van der Waals surface area contributed by atoms with E-state index in [1.165, 1.54) is 0 Å². The molecule has 1 unspecified atom stereocenters. The second-order valence-corrected chi connectivity index (χ2v) is 5.25. The predicted octanol–water partition coefficient (Wildman–Crippen LogP) is 4.70. The Hall–Kier alpha value is -1.22. The fourth-order valence-electron chi connectivity index (χ4n) is 2.12. The second-order valence-electron chi connectivity index (χ2n) is 4.44. The molecule has 2 nitrogen and oxygen atoms in total. The van der Waals surface area contributed by atoms with Crippen molar-refractivity contribution in [3.8, 4) is 5.75 Å². The van der Waals surface area contributed by atoms with Crippen LogP contribution in [0, 0.1) is 0 Å². The van der Waals surface area contributed by atoms with Gasteiger partial charge in [0.05, 0.1) is 23.2 Å². The maximum absolute atomic E-state index is 6.11. The third kappa shape index (κ3) is 3.45. The highest BCUT2D eigenvalue weighted by atomic mass is 35.5. The van der Waals surface area contributed by atoms with Crippen LogP contribution in [0.2, 0.25) is 10.0 Å². The van der Waals surface area contributed by atoms with E-state index in [0.29, 0.717) is 10.0 Å². The summed E-state index contributed by atoms with van der Waals surface area (Å²) in [6, 6.07) is 13.8. The van der Waals surface area contributed by atoms with Crippen LogP contribution in [-0.4, -0.2) is 13.7 Å². The van der Waals surface area contributed by atoms with Crippen LogP contribution in [0.4, 0.5) is 0 Å². The SMILES string of the molecule is CCNC(c1ccc(OC)cc1)c1ccc(Cl)c(Cl)c1. The highest BCUT2D eigenvalue weighted by molar-refractivity contribution is 6.42. The number of halogens is 2. The molecule has 0 saturated carbocycles. The molecule has 0 radical (unpaired) electrons. The van der Waals surface area contributed by atoms with Gasteiger partial charge in [-0.2, -0.15) is 0 Å². The molecule has 20 heavy (non-hydrogen) atoms. The zero-order valence-corrected chi connectivity index (χ0v) is 13.0. The lowest BCUT2D eigenvalue weighted by atomic mass is 9.98. The average Bonchev–Trinajstić information content (AvgIpc) is 2.48. The summed E-state index contributed by atoms with van der Waals surface area (Å²) in [5.41, 5.74) is 2.25. The van der Waals surface area contributed by atoms with Gasteiger partial charge in [-0.3, -0.25) is 0 Å². The molecule has 106 valence electrons. The molecule has 0 fully saturated rings. The van der Waals surface area contributed by atoms with Gasteiger partial charge >= 0.3 is 0 Å². The number of hydrogen-bond donors (Lipinski definition) is 1. The quantitative estimate of drug-likeness (QED) is 0.864. The minimum absolute atomic E-state index is 0.0840. The molecule has 2 aromatic rings. The van der Waals surface area contributed by atoms with E-state index in [1.54, 1.807) is 7.11 Å². The minimum Gasteiger partial charge on any atom is -0.497 e. The average molecular weight is 310 g/mol. The number of rotatable bonds is 5. The first-order valence-corrected chi connectivity index (χ1v) is 7.23. The summed E-state index contributed by atoms with van der Waals surface area (Å²) in [4.78, 5) is 0. The maximum Gasteiger partial charge on any atom is 0.118 e. The molecule has 0 bridgehead atoms. The van der Waals surface area contributed by atoms with E-state index in [9.17, 15) is 0 Å². The molecular formula is C16H17Cl2NO. The van der Waals surface area contributed by atoms with E-state index in [1.807, 2.05) is 30.3 Å². The Labute approximate surface area is 129 Å². The van der Waals surface area contributed by atoms with Crippen molar-refractivity contribution in [1.29, 1.82) is 0 Å². The highest BCUT2D eigenvalue weighted by Gasteiger charge is 2.14. The first kappa shape index (κ1) is 15.2. The summed E-state index contributed by atoms with van der Waals surface area (Å²) in [7, 11) is 1.66. The van der Waals surface area contributed by atoms with E-state index < -0.39 is 0 Å². The van der Waals surface area contributed by atoms with Crippen molar-refractivity contribution in [3.05, 3.63) is 63.6 Å². The number of hydrogen-bond acceptors (Lipinski definition) is 2. The molecule has 0 aliphatic rings. The zero-order valence-electron chi connectivity index (χ0n) is 11.5. The van der Waals surface area contributed by atoms with Crippen LogP contribution in [0.15, 0.2) is 42.5 Å². The molecule has 0 aliphatic heterocycles. The van der Waals surface area contributed by atoms with Gasteiger partial charge in [-0.25, -0.2) is 0 Å². The van der Waals surface area contributed by atoms with Gasteiger partial charge in [-0.15, -0.1) is 0 Å². The molecule has 0 amide bonds. The Balaban J connectivity index is 2.35. The monoisotopic (exact) mass is 309 g/mol. The summed E-state index contributed by atoms with van der Waals surface area (Å²) in [5.74, 6) is 0.845. The molecule has 0 aliphatic carbocycles. The molecule has 0 saturated heterocycles. The fraction of sp³-hybridized carbons (Fsp3) is 0.250. The predicted molar refractivity (Wildman–Crippen MR) is 85.0 cm³/mol. The van der Waals surface area contributed by atoms with Gasteiger partial charge in [0.25, 0.3) is 0 Å². The van der Waals surface area contributed by atoms with E-state index in [-0.39, 0.29) is 6.04 Å². The van der Waals surface area contributed by atoms with Crippen molar-refractivity contribution < 1.29 is 4.74 Å². The molecule has 0 heterocycles. The largest absolute Gasteiger partial charge is 0.497 e. The van der Waals surface area contributed by atoms with Crippen LogP contribution in [0.1, 0.15) is 24.1 Å². The van der Waals surface area contributed by atoms with Crippen LogP contribution in [0.3, 0.4) is 0 Å². The number of methoxy groups -OCH3 is 1. The molecule has 2 rings (SSSR count). The summed E-state index contributed by atoms with van der Waals surface area (Å²) >= 11 is 12.1. The third-order valence-corrected chi connectivity index (χ3v) is 3.87. The normalized spacial score (nSPS) is 12.2. The Bertz CT molecular complexity index is 569. The van der Waals surface area contributed by atoms with Gasteiger partial charge in [0, 0.05) is 0 Å². The smallest absolute Gasteiger partial charge is 0.118 e. The first-order chi connectivity index (χ1) is 9.65. The first-order valence-electron chi connectivity index (χ1n) is 6.48. The van der Waals surface area contributed by atoms with Crippen molar-refractivity contribution in [2.24, 2.45) is 0 Å². The van der Waals surface area contributed by atoms with Crippen LogP contribution in [-0.2, 0) is 0 Å². The number of ether oxygens (including phenoxy) is 1. The van der Waals surface area contributed by atoms with Crippen molar-refractivity contribution in [2.75, 3.05) is 13.7 Å². The number of nitrogens with one attached hydrogen (secondary N) is 1. The zero-order chi connectivity index (χ0) is 14.5. The standard InChI is InChI=1S/C16H17Cl2NO/c1-3-19-16(11-4-7-13(20-2)8-5-11)12-6-9-14(17)15(18)10-12/h4-10,16,19H,3H2,1-2H3. The lowest BCUT2D eigenvalue weighted by Crippen LogP contribution is -2.21. The molecular weight excluding hydrogens is 293 g/mol. The highest BCUT2D eigenvalue weighted by Crippen LogP contribution is 2.29. The van der Waals surface area contributed by atoms with Crippen molar-refractivity contribution in [1.82, 2.24) is 5.32 Å². The van der Waals surface area contributed by atoms with Crippen LogP contribution in [0.5, 0.6) is 5.75 Å². The Morgan fingerprint density at radius 2 is 1.65 bits per heavy atom. The third-order valence-electron chi connectivity index (χ3n) is 3.13. The Morgan fingerprint density at radius 1 is 1.00 bits per heavy atom. The summed E-state index contributed by atoms with van der Waals surface area (Å²) in [6.07, 6.45) is 0. The topological polar surface area (TPSA) is 21.3 Å². The molecule has 2 aromatic carbocycles. The summed E-state index contributed by atoms with van der Waals surface area (Å²) < 4.78 is 5.19. The lowest BCUT2D eigenvalue weighted by Gasteiger charge is -2.19. The van der Waals surface area contributed by atoms with Crippen molar-refractivity contribution >= 4 is 23.2 Å². The van der Waals surface area contributed by atoms with Crippen molar-refractivity contribution in [3.63, 3.8) is 0 Å². The van der Waals surface area contributed by atoms with Gasteiger partial charge < -0.3 is 10.1 Å². The Morgan fingerprint density at radius 3 is 2.20 bits per heavy atom. The van der Waals surface area contributed by atoms with Gasteiger partial charge in [0.1, 0.15) is 5.75 Å². The van der Waals surface area contributed by atoms with Crippen LogP contribution >= 0.6 is 23.2 Å². The lowest BCUT2D eigenvalue weighted by molar-refractivity contribution is 0.414. The van der Waals surface area contributed by atoms with Gasteiger partial charge in [-0.05, 0) is 41.9 Å². The summed E-state index contributed by atoms with van der Waals surface area (Å²) in [5, 5.41) is 4.60. The minimum atomic E-state index is 0.0840. The Kier molecular flexibility index (Phi) is 5.30. The van der Waals surface area contributed by atoms with E-state index in [0.717, 1.165) is 23.4 Å². The van der Waals surface area contributed by atoms with Gasteiger partial charge in [-0.1, -0.05) is 48.3 Å². The van der Waals surface area contributed by atoms with E-state index in [2.05, 4.69) is 24.4 Å². The van der Waals surface area contributed by atoms with Gasteiger partial charge in [0.2, 0.25) is 0 Å². The van der Waals surface area contributed by atoms with E-state index >= 15 is 0 Å².